The second kappa shape index (κ2) is 10.5. The zero-order chi connectivity index (χ0) is 24.4. The number of nitrogens with zero attached hydrogens (tertiary/aromatic N) is 3. The molecule has 35 heavy (non-hydrogen) atoms. The van der Waals surface area contributed by atoms with Gasteiger partial charge in [-0.25, -0.2) is 4.79 Å². The molecule has 2 aliphatic rings. The monoisotopic (exact) mass is 488 g/mol. The van der Waals surface area contributed by atoms with Crippen molar-refractivity contribution in [3.05, 3.63) is 83.2 Å². The highest BCUT2D eigenvalue weighted by Gasteiger charge is 2.40. The van der Waals surface area contributed by atoms with Gasteiger partial charge < -0.3 is 10.2 Å². The Balaban J connectivity index is 1.34. The Morgan fingerprint density at radius 2 is 1.77 bits per heavy atom. The molecule has 2 fully saturated rings. The van der Waals surface area contributed by atoms with Crippen LogP contribution in [0.1, 0.15) is 79.9 Å². The maximum atomic E-state index is 13.3. The maximum absolute atomic E-state index is 13.3. The van der Waals surface area contributed by atoms with Gasteiger partial charge in [0.25, 0.3) is 0 Å². The van der Waals surface area contributed by atoms with Crippen molar-refractivity contribution in [2.75, 3.05) is 18.8 Å². The molecular formula is C29H36N4OS. The predicted octanol–water partition coefficient (Wildman–Crippen LogP) is 6.55. The smallest absolute Gasteiger partial charge is 0.317 e. The summed E-state index contributed by atoms with van der Waals surface area (Å²) in [6.45, 7) is 8.53. The Morgan fingerprint density at radius 3 is 2.43 bits per heavy atom. The third-order valence-electron chi connectivity index (χ3n) is 7.16. The summed E-state index contributed by atoms with van der Waals surface area (Å²) in [5, 5.41) is 8.17. The molecule has 0 spiro atoms. The molecule has 0 radical (unpaired) electrons. The van der Waals surface area contributed by atoms with Crippen molar-refractivity contribution < 1.29 is 4.79 Å². The van der Waals surface area contributed by atoms with Crippen LogP contribution in [0.3, 0.4) is 0 Å². The predicted molar refractivity (Wildman–Crippen MR) is 143 cm³/mol. The van der Waals surface area contributed by atoms with Crippen LogP contribution in [0, 0.1) is 0 Å². The van der Waals surface area contributed by atoms with Gasteiger partial charge in [0.2, 0.25) is 0 Å². The maximum Gasteiger partial charge on any atom is 0.317 e. The van der Waals surface area contributed by atoms with Gasteiger partial charge in [0, 0.05) is 54.0 Å². The highest BCUT2D eigenvalue weighted by atomic mass is 32.2. The molecule has 5 rings (SSSR count). The SMILES string of the molecule is CCSc1ccc(CNC(=O)N2C[C@H](c3ccccc3)[C@@H](c3cc(C4CC4)nn3C(C)C)C2)cc1. The van der Waals surface area contributed by atoms with Crippen LogP contribution in [0.5, 0.6) is 0 Å². The topological polar surface area (TPSA) is 50.2 Å². The number of carbonyl (C=O) groups excluding carboxylic acids is 1. The molecule has 0 unspecified atom stereocenters. The summed E-state index contributed by atoms with van der Waals surface area (Å²) in [6.07, 6.45) is 2.49. The van der Waals surface area contributed by atoms with E-state index in [-0.39, 0.29) is 17.9 Å². The zero-order valence-corrected chi connectivity index (χ0v) is 21.8. The van der Waals surface area contributed by atoms with Crippen molar-refractivity contribution in [1.82, 2.24) is 20.0 Å². The number of benzene rings is 2. The van der Waals surface area contributed by atoms with E-state index in [2.05, 4.69) is 91.4 Å². The van der Waals surface area contributed by atoms with Gasteiger partial charge in [-0.1, -0.05) is 49.4 Å². The number of carbonyl (C=O) groups is 1. The number of hydrogen-bond donors (Lipinski definition) is 1. The summed E-state index contributed by atoms with van der Waals surface area (Å²) in [4.78, 5) is 16.5. The molecule has 6 heteroatoms. The number of thioether (sulfide) groups is 1. The van der Waals surface area contributed by atoms with E-state index >= 15 is 0 Å². The van der Waals surface area contributed by atoms with E-state index in [1.54, 1.807) is 0 Å². The second-order valence-corrected chi connectivity index (χ2v) is 11.4. The molecule has 1 aliphatic carbocycles. The normalized spacial score (nSPS) is 19.9. The van der Waals surface area contributed by atoms with Gasteiger partial charge in [-0.05, 0) is 61.8 Å². The molecule has 2 amide bonds. The van der Waals surface area contributed by atoms with Crippen molar-refractivity contribution in [1.29, 1.82) is 0 Å². The Kier molecular flexibility index (Phi) is 7.19. The Labute approximate surface area is 213 Å². The van der Waals surface area contributed by atoms with E-state index < -0.39 is 0 Å². The van der Waals surface area contributed by atoms with Crippen LogP contribution in [0.25, 0.3) is 0 Å². The lowest BCUT2D eigenvalue weighted by molar-refractivity contribution is 0.207. The van der Waals surface area contributed by atoms with Gasteiger partial charge in [-0.15, -0.1) is 11.8 Å². The van der Waals surface area contributed by atoms with Crippen molar-refractivity contribution >= 4 is 17.8 Å². The summed E-state index contributed by atoms with van der Waals surface area (Å²) in [6, 6.07) is 21.8. The van der Waals surface area contributed by atoms with Crippen LogP contribution in [-0.4, -0.2) is 39.6 Å². The number of nitrogens with one attached hydrogen (secondary N) is 1. The first-order valence-corrected chi connectivity index (χ1v) is 13.9. The number of likely N-dealkylation sites (tertiary alicyclic amines) is 1. The van der Waals surface area contributed by atoms with Gasteiger partial charge in [-0.2, -0.15) is 5.10 Å². The molecule has 1 aliphatic heterocycles. The van der Waals surface area contributed by atoms with E-state index in [1.807, 2.05) is 16.7 Å². The molecular weight excluding hydrogens is 452 g/mol. The highest BCUT2D eigenvalue weighted by Crippen LogP contribution is 2.44. The van der Waals surface area contributed by atoms with E-state index in [0.717, 1.165) is 11.3 Å². The fraction of sp³-hybridized carbons (Fsp3) is 0.448. The fourth-order valence-electron chi connectivity index (χ4n) is 5.16. The van der Waals surface area contributed by atoms with Crippen LogP contribution in [0.15, 0.2) is 65.6 Å². The van der Waals surface area contributed by atoms with Gasteiger partial charge in [-0.3, -0.25) is 4.68 Å². The molecule has 3 aromatic rings. The van der Waals surface area contributed by atoms with Crippen molar-refractivity contribution in [2.45, 2.75) is 68.8 Å². The molecule has 1 saturated carbocycles. The van der Waals surface area contributed by atoms with Crippen LogP contribution in [0.2, 0.25) is 0 Å². The van der Waals surface area contributed by atoms with E-state index in [4.69, 9.17) is 5.10 Å². The molecule has 2 aromatic carbocycles. The quantitative estimate of drug-likeness (QED) is 0.366. The third-order valence-corrected chi connectivity index (χ3v) is 8.06. The first-order chi connectivity index (χ1) is 17.0. The average molecular weight is 489 g/mol. The zero-order valence-electron chi connectivity index (χ0n) is 21.0. The van der Waals surface area contributed by atoms with E-state index in [9.17, 15) is 4.79 Å². The lowest BCUT2D eigenvalue weighted by atomic mass is 9.86. The van der Waals surface area contributed by atoms with Crippen molar-refractivity contribution in [3.63, 3.8) is 0 Å². The molecule has 5 nitrogen and oxygen atoms in total. The van der Waals surface area contributed by atoms with Gasteiger partial charge in [0.1, 0.15) is 0 Å². The fourth-order valence-corrected chi connectivity index (χ4v) is 5.83. The van der Waals surface area contributed by atoms with Gasteiger partial charge >= 0.3 is 6.03 Å². The molecule has 0 bridgehead atoms. The average Bonchev–Trinajstić information content (AvgIpc) is 3.46. The first kappa shape index (κ1) is 24.0. The third kappa shape index (κ3) is 5.43. The molecule has 1 N–H and O–H groups in total. The minimum absolute atomic E-state index is 0.0125. The minimum Gasteiger partial charge on any atom is -0.334 e. The van der Waals surface area contributed by atoms with Gasteiger partial charge in [0.15, 0.2) is 0 Å². The van der Waals surface area contributed by atoms with E-state index in [0.29, 0.717) is 31.6 Å². The number of urea groups is 1. The Morgan fingerprint density at radius 1 is 1.06 bits per heavy atom. The summed E-state index contributed by atoms with van der Waals surface area (Å²) >= 11 is 1.83. The summed E-state index contributed by atoms with van der Waals surface area (Å²) < 4.78 is 2.21. The standard InChI is InChI=1S/C29H36N4OS/c1-4-35-24-14-10-21(11-15-24)17-30-29(34)32-18-25(22-8-6-5-7-9-22)26(19-32)28-16-27(23-12-13-23)31-33(28)20(2)3/h5-11,14-16,20,23,25-26H,4,12-13,17-19H2,1-3H3,(H,30,34)/t25-,26+/m1/s1. The lowest BCUT2D eigenvalue weighted by Gasteiger charge is -2.21. The first-order valence-electron chi connectivity index (χ1n) is 12.9. The highest BCUT2D eigenvalue weighted by molar-refractivity contribution is 7.99. The summed E-state index contributed by atoms with van der Waals surface area (Å²) in [7, 11) is 0. The lowest BCUT2D eigenvalue weighted by Crippen LogP contribution is -2.38. The van der Waals surface area contributed by atoms with Crippen LogP contribution in [-0.2, 0) is 6.54 Å². The molecule has 1 saturated heterocycles. The second-order valence-electron chi connectivity index (χ2n) is 10.1. The molecule has 2 heterocycles. The Bertz CT molecular complexity index is 1140. The Hall–Kier alpha value is -2.73. The largest absolute Gasteiger partial charge is 0.334 e. The summed E-state index contributed by atoms with van der Waals surface area (Å²) in [5.41, 5.74) is 4.92. The molecule has 184 valence electrons. The number of aromatic nitrogens is 2. The van der Waals surface area contributed by atoms with Crippen molar-refractivity contribution in [3.8, 4) is 0 Å². The van der Waals surface area contributed by atoms with Crippen molar-refractivity contribution in [2.24, 2.45) is 0 Å². The number of amides is 2. The summed E-state index contributed by atoms with van der Waals surface area (Å²) in [5.74, 6) is 2.17. The number of hydrogen-bond acceptors (Lipinski definition) is 3. The van der Waals surface area contributed by atoms with Gasteiger partial charge in [0.05, 0.1) is 5.69 Å². The van der Waals surface area contributed by atoms with E-state index in [1.165, 1.54) is 34.7 Å². The minimum atomic E-state index is 0.0125. The van der Waals surface area contributed by atoms with Crippen LogP contribution in [0.4, 0.5) is 4.79 Å². The number of rotatable bonds is 8. The van der Waals surface area contributed by atoms with Crippen LogP contribution < -0.4 is 5.32 Å². The molecule has 2 atom stereocenters. The molecule has 1 aromatic heterocycles. The van der Waals surface area contributed by atoms with Crippen LogP contribution >= 0.6 is 11.8 Å².